The molecule has 0 aliphatic heterocycles. The Labute approximate surface area is 141 Å². The molecule has 0 saturated heterocycles. The van der Waals surface area contributed by atoms with Crippen LogP contribution in [0, 0.1) is 6.92 Å². The first-order valence-corrected chi connectivity index (χ1v) is 8.90. The summed E-state index contributed by atoms with van der Waals surface area (Å²) >= 11 is 1.55. The second-order valence-corrected chi connectivity index (χ2v) is 6.62. The van der Waals surface area contributed by atoms with Gasteiger partial charge in [0.15, 0.2) is 0 Å². The zero-order valence-electron chi connectivity index (χ0n) is 13.8. The van der Waals surface area contributed by atoms with Crippen molar-refractivity contribution in [2.24, 2.45) is 0 Å². The van der Waals surface area contributed by atoms with Crippen LogP contribution in [0.2, 0.25) is 0 Å². The third-order valence-corrected chi connectivity index (χ3v) is 4.60. The number of hydrogen-bond acceptors (Lipinski definition) is 4. The molecular weight excluding hydrogens is 308 g/mol. The van der Waals surface area contributed by atoms with Gasteiger partial charge in [0.1, 0.15) is 17.4 Å². The van der Waals surface area contributed by atoms with Crippen molar-refractivity contribution in [2.75, 3.05) is 6.54 Å². The van der Waals surface area contributed by atoms with Gasteiger partial charge in [-0.25, -0.2) is 4.98 Å². The molecule has 1 heterocycles. The van der Waals surface area contributed by atoms with Crippen LogP contribution >= 0.6 is 11.3 Å². The Kier molecular flexibility index (Phi) is 7.07. The van der Waals surface area contributed by atoms with Gasteiger partial charge < -0.3 is 10.1 Å². The number of aromatic nitrogens is 1. The van der Waals surface area contributed by atoms with E-state index in [1.807, 2.05) is 37.3 Å². The Balaban J connectivity index is 1.82. The number of rotatable bonds is 9. The van der Waals surface area contributed by atoms with Gasteiger partial charge in [-0.2, -0.15) is 0 Å². The zero-order valence-corrected chi connectivity index (χ0v) is 14.6. The third kappa shape index (κ3) is 6.02. The zero-order chi connectivity index (χ0) is 16.5. The van der Waals surface area contributed by atoms with E-state index >= 15 is 0 Å². The minimum Gasteiger partial charge on any atom is -0.486 e. The number of amides is 1. The molecule has 0 unspecified atom stereocenters. The lowest BCUT2D eigenvalue weighted by atomic mass is 10.2. The number of benzene rings is 1. The summed E-state index contributed by atoms with van der Waals surface area (Å²) < 4.78 is 5.70. The molecule has 2 rings (SSSR count). The van der Waals surface area contributed by atoms with Crippen molar-refractivity contribution in [1.82, 2.24) is 10.3 Å². The number of para-hydroxylation sites is 1. The van der Waals surface area contributed by atoms with Gasteiger partial charge in [-0.05, 0) is 25.5 Å². The summed E-state index contributed by atoms with van der Waals surface area (Å²) in [5.74, 6) is 0.902. The van der Waals surface area contributed by atoms with Crippen molar-refractivity contribution in [3.05, 3.63) is 45.9 Å². The quantitative estimate of drug-likeness (QED) is 0.709. The molecular formula is C18H24N2O2S. The predicted molar refractivity (Wildman–Crippen MR) is 93.9 cm³/mol. The number of carbonyl (C=O) groups excluding carboxylic acids is 1. The van der Waals surface area contributed by atoms with E-state index in [1.165, 1.54) is 0 Å². The highest BCUT2D eigenvalue weighted by molar-refractivity contribution is 7.11. The largest absolute Gasteiger partial charge is 0.486 e. The van der Waals surface area contributed by atoms with Crippen molar-refractivity contribution in [1.29, 1.82) is 0 Å². The van der Waals surface area contributed by atoms with E-state index in [-0.39, 0.29) is 5.91 Å². The lowest BCUT2D eigenvalue weighted by molar-refractivity contribution is -0.120. The van der Waals surface area contributed by atoms with E-state index in [0.29, 0.717) is 13.0 Å². The standard InChI is InChI=1S/C18H24N2O2S/c1-3-4-8-11-19-17(21)12-16-14(2)20-18(23-16)13-22-15-9-6-5-7-10-15/h5-7,9-10H,3-4,8,11-13H2,1-2H3,(H,19,21). The number of hydrogen-bond donors (Lipinski definition) is 1. The van der Waals surface area contributed by atoms with Gasteiger partial charge in [-0.3, -0.25) is 4.79 Å². The number of thiazole rings is 1. The van der Waals surface area contributed by atoms with Crippen LogP contribution in [0.3, 0.4) is 0 Å². The number of nitrogens with one attached hydrogen (secondary N) is 1. The number of ether oxygens (including phenoxy) is 1. The van der Waals surface area contributed by atoms with Crippen LogP contribution < -0.4 is 10.1 Å². The summed E-state index contributed by atoms with van der Waals surface area (Å²) in [4.78, 5) is 17.5. The maximum atomic E-state index is 12.0. The fourth-order valence-electron chi connectivity index (χ4n) is 2.19. The average Bonchev–Trinajstić information content (AvgIpc) is 2.90. The molecule has 4 nitrogen and oxygen atoms in total. The summed E-state index contributed by atoms with van der Waals surface area (Å²) in [6, 6.07) is 9.68. The molecule has 1 N–H and O–H groups in total. The summed E-state index contributed by atoms with van der Waals surface area (Å²) in [6.07, 6.45) is 3.76. The number of unbranched alkanes of at least 4 members (excludes halogenated alkanes) is 2. The molecule has 0 bridgehead atoms. The smallest absolute Gasteiger partial charge is 0.225 e. The summed E-state index contributed by atoms with van der Waals surface area (Å²) in [5, 5.41) is 3.87. The first-order valence-electron chi connectivity index (χ1n) is 8.08. The van der Waals surface area contributed by atoms with Crippen molar-refractivity contribution in [3.63, 3.8) is 0 Å². The Morgan fingerprint density at radius 3 is 2.78 bits per heavy atom. The van der Waals surface area contributed by atoms with E-state index in [1.54, 1.807) is 11.3 Å². The van der Waals surface area contributed by atoms with Crippen LogP contribution in [-0.2, 0) is 17.8 Å². The van der Waals surface area contributed by atoms with Gasteiger partial charge in [0, 0.05) is 11.4 Å². The lowest BCUT2D eigenvalue weighted by Gasteiger charge is -2.03. The molecule has 2 aromatic rings. The first-order chi connectivity index (χ1) is 11.2. The fraction of sp³-hybridized carbons (Fsp3) is 0.444. The second-order valence-electron chi connectivity index (χ2n) is 5.45. The van der Waals surface area contributed by atoms with Gasteiger partial charge in [0.25, 0.3) is 0 Å². The number of aryl methyl sites for hydroxylation is 1. The van der Waals surface area contributed by atoms with Crippen molar-refractivity contribution in [2.45, 2.75) is 46.1 Å². The Morgan fingerprint density at radius 1 is 1.26 bits per heavy atom. The van der Waals surface area contributed by atoms with Crippen molar-refractivity contribution < 1.29 is 9.53 Å². The molecule has 23 heavy (non-hydrogen) atoms. The van der Waals surface area contributed by atoms with Gasteiger partial charge in [0.2, 0.25) is 5.91 Å². The highest BCUT2D eigenvalue weighted by Gasteiger charge is 2.12. The molecule has 0 aliphatic carbocycles. The molecule has 5 heteroatoms. The SMILES string of the molecule is CCCCCNC(=O)Cc1sc(COc2ccccc2)nc1C. The Hall–Kier alpha value is -1.88. The third-order valence-electron chi connectivity index (χ3n) is 3.47. The molecule has 0 saturated carbocycles. The fourth-order valence-corrected chi connectivity index (χ4v) is 3.17. The second kappa shape index (κ2) is 9.30. The van der Waals surface area contributed by atoms with E-state index in [4.69, 9.17) is 4.74 Å². The van der Waals surface area contributed by atoms with Gasteiger partial charge in [-0.15, -0.1) is 11.3 Å². The molecule has 0 atom stereocenters. The summed E-state index contributed by atoms with van der Waals surface area (Å²) in [7, 11) is 0. The normalized spacial score (nSPS) is 10.5. The lowest BCUT2D eigenvalue weighted by Crippen LogP contribution is -2.25. The maximum Gasteiger partial charge on any atom is 0.225 e. The van der Waals surface area contributed by atoms with Crippen molar-refractivity contribution >= 4 is 17.2 Å². The maximum absolute atomic E-state index is 12.0. The highest BCUT2D eigenvalue weighted by Crippen LogP contribution is 2.20. The van der Waals surface area contributed by atoms with E-state index in [9.17, 15) is 4.79 Å². The van der Waals surface area contributed by atoms with Gasteiger partial charge in [0.05, 0.1) is 12.1 Å². The van der Waals surface area contributed by atoms with Crippen LogP contribution in [-0.4, -0.2) is 17.4 Å². The summed E-state index contributed by atoms with van der Waals surface area (Å²) in [5.41, 5.74) is 0.922. The van der Waals surface area contributed by atoms with E-state index in [0.717, 1.165) is 47.1 Å². The first kappa shape index (κ1) is 17.5. The van der Waals surface area contributed by atoms with Crippen LogP contribution in [0.4, 0.5) is 0 Å². The monoisotopic (exact) mass is 332 g/mol. The van der Waals surface area contributed by atoms with E-state index < -0.39 is 0 Å². The number of nitrogens with zero attached hydrogens (tertiary/aromatic N) is 1. The minimum absolute atomic E-state index is 0.0726. The van der Waals surface area contributed by atoms with Crippen molar-refractivity contribution in [3.8, 4) is 5.75 Å². The highest BCUT2D eigenvalue weighted by atomic mass is 32.1. The van der Waals surface area contributed by atoms with Crippen LogP contribution in [0.15, 0.2) is 30.3 Å². The molecule has 0 spiro atoms. The van der Waals surface area contributed by atoms with Gasteiger partial charge >= 0.3 is 0 Å². The molecule has 0 radical (unpaired) electrons. The molecule has 124 valence electrons. The number of carbonyl (C=O) groups is 1. The van der Waals surface area contributed by atoms with Crippen LogP contribution in [0.5, 0.6) is 5.75 Å². The summed E-state index contributed by atoms with van der Waals surface area (Å²) in [6.45, 7) is 5.30. The van der Waals surface area contributed by atoms with Crippen LogP contribution in [0.25, 0.3) is 0 Å². The molecule has 1 aromatic heterocycles. The van der Waals surface area contributed by atoms with Crippen LogP contribution in [0.1, 0.15) is 41.8 Å². The topological polar surface area (TPSA) is 51.2 Å². The molecule has 0 fully saturated rings. The average molecular weight is 332 g/mol. The Morgan fingerprint density at radius 2 is 2.04 bits per heavy atom. The molecule has 1 amide bonds. The van der Waals surface area contributed by atoms with E-state index in [2.05, 4.69) is 17.2 Å². The Bertz CT molecular complexity index is 611. The minimum atomic E-state index is 0.0726. The van der Waals surface area contributed by atoms with Gasteiger partial charge in [-0.1, -0.05) is 38.0 Å². The molecule has 0 aliphatic rings. The predicted octanol–water partition coefficient (Wildman–Crippen LogP) is 3.88. The molecule has 1 aromatic carbocycles.